The van der Waals surface area contributed by atoms with Crippen LogP contribution in [0.25, 0.3) is 0 Å². The monoisotopic (exact) mass is 520 g/mol. The van der Waals surface area contributed by atoms with Crippen molar-refractivity contribution in [2.45, 2.75) is 82.7 Å². The van der Waals surface area contributed by atoms with E-state index in [1.165, 1.54) is 5.56 Å². The fourth-order valence-corrected chi connectivity index (χ4v) is 5.37. The van der Waals surface area contributed by atoms with Crippen LogP contribution in [-0.4, -0.2) is 36.3 Å². The summed E-state index contributed by atoms with van der Waals surface area (Å²) in [7, 11) is 0. The van der Waals surface area contributed by atoms with Crippen LogP contribution in [0.2, 0.25) is 0 Å². The zero-order valence-corrected chi connectivity index (χ0v) is 22.4. The maximum Gasteiger partial charge on any atom is 0.242 e. The van der Waals surface area contributed by atoms with Gasteiger partial charge in [-0.3, -0.25) is 14.4 Å². The molecule has 0 radical (unpaired) electrons. The molecule has 0 saturated heterocycles. The molecule has 1 aliphatic rings. The first-order valence-corrected chi connectivity index (χ1v) is 14.2. The highest BCUT2D eigenvalue weighted by Gasteiger charge is 2.33. The molecule has 0 bridgehead atoms. The highest BCUT2D eigenvalue weighted by Crippen LogP contribution is 2.24. The molecule has 7 heteroatoms. The zero-order chi connectivity index (χ0) is 27.2. The number of amides is 3. The van der Waals surface area contributed by atoms with Gasteiger partial charge in [-0.25, -0.2) is 0 Å². The van der Waals surface area contributed by atoms with Crippen LogP contribution in [0.5, 0.6) is 0 Å². The third kappa shape index (κ3) is 9.60. The fraction of sp³-hybridized carbons (Fsp3) is 0.516. The van der Waals surface area contributed by atoms with E-state index in [1.807, 2.05) is 48.5 Å². The minimum Gasteiger partial charge on any atom is -0.369 e. The van der Waals surface area contributed by atoms with Crippen molar-refractivity contribution in [3.8, 4) is 0 Å². The predicted octanol–water partition coefficient (Wildman–Crippen LogP) is 3.64. The quantitative estimate of drug-likeness (QED) is 0.267. The van der Waals surface area contributed by atoms with E-state index in [0.29, 0.717) is 32.2 Å². The molecular formula is C31H44N4O3. The summed E-state index contributed by atoms with van der Waals surface area (Å²) in [6.07, 6.45) is 8.44. The molecule has 3 unspecified atom stereocenters. The first-order valence-electron chi connectivity index (χ1n) is 14.2. The summed E-state index contributed by atoms with van der Waals surface area (Å²) in [5.74, 6) is -1.35. The first kappa shape index (κ1) is 29.4. The van der Waals surface area contributed by atoms with Gasteiger partial charge in [-0.15, -0.1) is 0 Å². The van der Waals surface area contributed by atoms with Crippen LogP contribution < -0.4 is 22.1 Å². The number of nitrogens with two attached hydrogens (primary N) is 2. The normalized spacial score (nSPS) is 18.8. The lowest BCUT2D eigenvalue weighted by atomic mass is 9.84. The van der Waals surface area contributed by atoms with Gasteiger partial charge >= 0.3 is 0 Å². The van der Waals surface area contributed by atoms with E-state index < -0.39 is 6.04 Å². The SMILES string of the molecule is NCCCCC[C@H](NC(=O)C(CCc1ccccc1)Cc1ccccc1)C(=O)NC1CCCCC1C(N)=O. The van der Waals surface area contributed by atoms with Crippen LogP contribution in [0.1, 0.15) is 68.9 Å². The highest BCUT2D eigenvalue weighted by molar-refractivity contribution is 5.89. The van der Waals surface area contributed by atoms with Crippen LogP contribution in [0.15, 0.2) is 60.7 Å². The fourth-order valence-electron chi connectivity index (χ4n) is 5.37. The van der Waals surface area contributed by atoms with Crippen molar-refractivity contribution in [3.05, 3.63) is 71.8 Å². The van der Waals surface area contributed by atoms with Crippen molar-refractivity contribution in [1.29, 1.82) is 0 Å². The van der Waals surface area contributed by atoms with Crippen molar-refractivity contribution in [2.24, 2.45) is 23.3 Å². The number of benzene rings is 2. The number of hydrogen-bond acceptors (Lipinski definition) is 4. The van der Waals surface area contributed by atoms with Crippen LogP contribution in [0, 0.1) is 11.8 Å². The average Bonchev–Trinajstić information content (AvgIpc) is 2.93. The van der Waals surface area contributed by atoms with Crippen LogP contribution in [0.3, 0.4) is 0 Å². The molecule has 3 rings (SSSR count). The van der Waals surface area contributed by atoms with Crippen LogP contribution >= 0.6 is 0 Å². The molecule has 7 nitrogen and oxygen atoms in total. The minimum absolute atomic E-state index is 0.112. The molecule has 3 amide bonds. The van der Waals surface area contributed by atoms with Gasteiger partial charge in [0.25, 0.3) is 0 Å². The van der Waals surface area contributed by atoms with Gasteiger partial charge in [0.05, 0.1) is 5.92 Å². The van der Waals surface area contributed by atoms with Gasteiger partial charge in [-0.05, 0) is 62.6 Å². The summed E-state index contributed by atoms with van der Waals surface area (Å²) in [5, 5.41) is 6.15. The van der Waals surface area contributed by atoms with Gasteiger partial charge in [-0.2, -0.15) is 0 Å². The Morgan fingerprint density at radius 1 is 0.816 bits per heavy atom. The summed E-state index contributed by atoms with van der Waals surface area (Å²) in [6, 6.07) is 19.2. The van der Waals surface area contributed by atoms with Crippen molar-refractivity contribution in [2.75, 3.05) is 6.54 Å². The molecule has 206 valence electrons. The molecule has 38 heavy (non-hydrogen) atoms. The van der Waals surface area contributed by atoms with Gasteiger partial charge in [0.2, 0.25) is 17.7 Å². The maximum atomic E-state index is 13.7. The minimum atomic E-state index is -0.661. The van der Waals surface area contributed by atoms with Gasteiger partial charge < -0.3 is 22.1 Å². The van der Waals surface area contributed by atoms with Crippen molar-refractivity contribution in [1.82, 2.24) is 10.6 Å². The standard InChI is InChI=1S/C31H44N4O3/c32-21-11-3-8-18-28(31(38)34-27-17-10-9-16-26(27)29(33)36)35-30(37)25(22-24-14-6-2-7-15-24)20-19-23-12-4-1-5-13-23/h1-2,4-7,12-15,25-28H,3,8-11,16-22,32H2,(H2,33,36)(H,34,38)(H,35,37)/t25?,26?,27?,28-/m0/s1. The topological polar surface area (TPSA) is 127 Å². The smallest absolute Gasteiger partial charge is 0.242 e. The van der Waals surface area contributed by atoms with Crippen molar-refractivity contribution in [3.63, 3.8) is 0 Å². The molecular weight excluding hydrogens is 476 g/mol. The molecule has 4 atom stereocenters. The molecule has 0 aromatic heterocycles. The lowest BCUT2D eigenvalue weighted by Crippen LogP contribution is -2.54. The van der Waals surface area contributed by atoms with E-state index in [4.69, 9.17) is 11.5 Å². The van der Waals surface area contributed by atoms with E-state index in [9.17, 15) is 14.4 Å². The Hall–Kier alpha value is -3.19. The van der Waals surface area contributed by atoms with Gasteiger partial charge in [0, 0.05) is 12.0 Å². The number of unbranched alkanes of at least 4 members (excludes halogenated alkanes) is 2. The molecule has 1 aliphatic carbocycles. The molecule has 2 aromatic rings. The summed E-state index contributed by atoms with van der Waals surface area (Å²) >= 11 is 0. The first-order chi connectivity index (χ1) is 18.5. The van der Waals surface area contributed by atoms with Crippen molar-refractivity contribution < 1.29 is 14.4 Å². The number of hydrogen-bond donors (Lipinski definition) is 4. The highest BCUT2D eigenvalue weighted by atomic mass is 16.2. The molecule has 0 aliphatic heterocycles. The Bertz CT molecular complexity index is 999. The van der Waals surface area contributed by atoms with Gasteiger partial charge in [0.1, 0.15) is 6.04 Å². The summed E-state index contributed by atoms with van der Waals surface area (Å²) in [5.41, 5.74) is 13.6. The maximum absolute atomic E-state index is 13.7. The number of nitrogens with one attached hydrogen (secondary N) is 2. The Kier molecular flexibility index (Phi) is 12.3. The molecule has 0 heterocycles. The van der Waals surface area contributed by atoms with Gasteiger partial charge in [0.15, 0.2) is 0 Å². The van der Waals surface area contributed by atoms with E-state index >= 15 is 0 Å². The lowest BCUT2D eigenvalue weighted by Gasteiger charge is -2.32. The third-order valence-electron chi connectivity index (χ3n) is 7.61. The zero-order valence-electron chi connectivity index (χ0n) is 22.4. The number of carbonyl (C=O) groups is 3. The largest absolute Gasteiger partial charge is 0.369 e. The molecule has 2 aromatic carbocycles. The van der Waals surface area contributed by atoms with E-state index in [1.54, 1.807) is 0 Å². The Balaban J connectivity index is 1.71. The van der Waals surface area contributed by atoms with E-state index in [2.05, 4.69) is 22.8 Å². The van der Waals surface area contributed by atoms with Crippen molar-refractivity contribution >= 4 is 17.7 Å². The second kappa shape index (κ2) is 15.9. The molecule has 6 N–H and O–H groups in total. The summed E-state index contributed by atoms with van der Waals surface area (Å²) in [6.45, 7) is 0.601. The second-order valence-electron chi connectivity index (χ2n) is 10.5. The summed E-state index contributed by atoms with van der Waals surface area (Å²) in [4.78, 5) is 39.1. The predicted molar refractivity (Wildman–Crippen MR) is 151 cm³/mol. The molecule has 0 spiro atoms. The van der Waals surface area contributed by atoms with E-state index in [0.717, 1.165) is 50.5 Å². The van der Waals surface area contributed by atoms with Crippen LogP contribution in [0.4, 0.5) is 0 Å². The number of carbonyl (C=O) groups excluding carboxylic acids is 3. The average molecular weight is 521 g/mol. The number of rotatable bonds is 15. The Labute approximate surface area is 227 Å². The summed E-state index contributed by atoms with van der Waals surface area (Å²) < 4.78 is 0. The number of aryl methyl sites for hydroxylation is 1. The van der Waals surface area contributed by atoms with E-state index in [-0.39, 0.29) is 35.6 Å². The molecule has 1 fully saturated rings. The van der Waals surface area contributed by atoms with Gasteiger partial charge in [-0.1, -0.05) is 86.3 Å². The Morgan fingerprint density at radius 3 is 2.13 bits per heavy atom. The Morgan fingerprint density at radius 2 is 1.47 bits per heavy atom. The van der Waals surface area contributed by atoms with Crippen LogP contribution in [-0.2, 0) is 27.2 Å². The second-order valence-corrected chi connectivity index (χ2v) is 10.5. The third-order valence-corrected chi connectivity index (χ3v) is 7.61. The number of primary amides is 1. The lowest BCUT2D eigenvalue weighted by molar-refractivity contribution is -0.133. The molecule has 1 saturated carbocycles.